The maximum atomic E-state index is 13.7. The molecular weight excluding hydrogens is 544 g/mol. The van der Waals surface area contributed by atoms with Crippen LogP contribution in [0.25, 0.3) is 11.4 Å². The normalized spacial score (nSPS) is 16.6. The van der Waals surface area contributed by atoms with Crippen molar-refractivity contribution in [1.82, 2.24) is 14.4 Å². The average molecular weight is 575 g/mol. The number of benzene rings is 1. The van der Waals surface area contributed by atoms with Gasteiger partial charge in [-0.2, -0.15) is 0 Å². The number of nitrogens with zero attached hydrogens (tertiary/aromatic N) is 4. The number of rotatable bonds is 8. The van der Waals surface area contributed by atoms with Gasteiger partial charge in [0, 0.05) is 6.20 Å². The summed E-state index contributed by atoms with van der Waals surface area (Å²) in [5.41, 5.74) is 2.15. The van der Waals surface area contributed by atoms with Gasteiger partial charge < -0.3 is 14.6 Å². The number of aromatic nitrogens is 3. The van der Waals surface area contributed by atoms with Crippen LogP contribution >= 0.6 is 11.3 Å². The average Bonchev–Trinajstić information content (AvgIpc) is 3.58. The summed E-state index contributed by atoms with van der Waals surface area (Å²) in [6.07, 6.45) is 2.58. The van der Waals surface area contributed by atoms with Gasteiger partial charge in [0.05, 0.1) is 36.7 Å². The molecule has 1 aliphatic heterocycles. The number of methoxy groups -OCH3 is 1. The molecule has 41 heavy (non-hydrogen) atoms. The maximum absolute atomic E-state index is 13.7. The number of carbonyl (C=O) groups is 3. The Kier molecular flexibility index (Phi) is 7.63. The molecule has 212 valence electrons. The number of aliphatic hydroxyl groups is 1. The first kappa shape index (κ1) is 28.0. The molecule has 0 radical (unpaired) electrons. The van der Waals surface area contributed by atoms with Crippen LogP contribution in [0.3, 0.4) is 0 Å². The van der Waals surface area contributed by atoms with Crippen molar-refractivity contribution in [3.8, 4) is 5.75 Å². The highest BCUT2D eigenvalue weighted by Crippen LogP contribution is 2.44. The van der Waals surface area contributed by atoms with Crippen LogP contribution in [0.15, 0.2) is 54.2 Å². The van der Waals surface area contributed by atoms with Crippen LogP contribution < -0.4 is 9.64 Å². The number of ether oxygens (including phenoxy) is 2. The van der Waals surface area contributed by atoms with Crippen LogP contribution in [-0.4, -0.2) is 50.9 Å². The van der Waals surface area contributed by atoms with Gasteiger partial charge in [0.1, 0.15) is 22.0 Å². The first-order chi connectivity index (χ1) is 19.6. The Morgan fingerprint density at radius 2 is 1.88 bits per heavy atom. The van der Waals surface area contributed by atoms with Gasteiger partial charge in [-0.1, -0.05) is 43.4 Å². The lowest BCUT2D eigenvalue weighted by atomic mass is 9.96. The number of Topliss-reactive ketones (excluding diaryl/α,β-unsaturated/α-hetero) is 1. The molecular formula is C30H30N4O6S. The fourth-order valence-corrected chi connectivity index (χ4v) is 5.84. The highest BCUT2D eigenvalue weighted by Gasteiger charge is 2.49. The fraction of sp³-hybridized carbons (Fsp3) is 0.300. The monoisotopic (exact) mass is 574 g/mol. The lowest BCUT2D eigenvalue weighted by Crippen LogP contribution is -2.29. The Bertz CT molecular complexity index is 1700. The van der Waals surface area contributed by atoms with Gasteiger partial charge >= 0.3 is 11.9 Å². The van der Waals surface area contributed by atoms with Crippen LogP contribution in [0.2, 0.25) is 0 Å². The number of esters is 1. The van der Waals surface area contributed by atoms with Crippen molar-refractivity contribution in [3.05, 3.63) is 81.8 Å². The third kappa shape index (κ3) is 5.08. The number of fused-ring (bicyclic) bond motifs is 1. The van der Waals surface area contributed by atoms with Crippen molar-refractivity contribution in [2.45, 2.75) is 40.2 Å². The standard InChI is InChI=1S/C30H30N4O6S/c1-16(2)12-14-40-20-10-8-9-19(15-20)24-22(25(35)23-17(3)31-21-11-6-7-13-33(21)23)26(36)28(37)34(24)30-32-18(4)27(41-30)29(38)39-5/h6-11,13,15-16,24,35H,12,14H2,1-5H3. The van der Waals surface area contributed by atoms with E-state index >= 15 is 0 Å². The summed E-state index contributed by atoms with van der Waals surface area (Å²) in [6, 6.07) is 11.4. The molecule has 1 atom stereocenters. The Morgan fingerprint density at radius 1 is 1.10 bits per heavy atom. The third-order valence-electron chi connectivity index (χ3n) is 6.87. The van der Waals surface area contributed by atoms with E-state index in [0.29, 0.717) is 46.6 Å². The molecule has 0 saturated carbocycles. The van der Waals surface area contributed by atoms with E-state index in [4.69, 9.17) is 9.47 Å². The minimum Gasteiger partial charge on any atom is -0.505 e. The number of anilines is 1. The van der Waals surface area contributed by atoms with E-state index < -0.39 is 23.7 Å². The second kappa shape index (κ2) is 11.2. The molecule has 11 heteroatoms. The predicted octanol–water partition coefficient (Wildman–Crippen LogP) is 5.25. The van der Waals surface area contributed by atoms with Crippen LogP contribution in [0.4, 0.5) is 5.13 Å². The van der Waals surface area contributed by atoms with Crippen molar-refractivity contribution in [2.75, 3.05) is 18.6 Å². The summed E-state index contributed by atoms with van der Waals surface area (Å²) >= 11 is 0.946. The van der Waals surface area contributed by atoms with Gasteiger partial charge in [0.25, 0.3) is 5.78 Å². The molecule has 1 aliphatic rings. The van der Waals surface area contributed by atoms with E-state index in [1.54, 1.807) is 60.8 Å². The highest BCUT2D eigenvalue weighted by atomic mass is 32.1. The number of amides is 1. The number of hydrogen-bond donors (Lipinski definition) is 1. The van der Waals surface area contributed by atoms with Gasteiger partial charge in [0.15, 0.2) is 10.9 Å². The summed E-state index contributed by atoms with van der Waals surface area (Å²) < 4.78 is 12.5. The first-order valence-electron chi connectivity index (χ1n) is 13.2. The molecule has 0 spiro atoms. The summed E-state index contributed by atoms with van der Waals surface area (Å²) in [4.78, 5) is 50.1. The van der Waals surface area contributed by atoms with Gasteiger partial charge in [-0.05, 0) is 56.0 Å². The van der Waals surface area contributed by atoms with Crippen molar-refractivity contribution in [3.63, 3.8) is 0 Å². The summed E-state index contributed by atoms with van der Waals surface area (Å²) in [6.45, 7) is 8.06. The van der Waals surface area contributed by atoms with E-state index in [1.807, 2.05) is 6.07 Å². The molecule has 10 nitrogen and oxygen atoms in total. The first-order valence-corrected chi connectivity index (χ1v) is 14.0. The summed E-state index contributed by atoms with van der Waals surface area (Å²) in [5, 5.41) is 11.9. The Balaban J connectivity index is 1.70. The quantitative estimate of drug-likeness (QED) is 0.131. The van der Waals surface area contributed by atoms with Crippen molar-refractivity contribution in [1.29, 1.82) is 0 Å². The van der Waals surface area contributed by atoms with E-state index in [9.17, 15) is 19.5 Å². The van der Waals surface area contributed by atoms with Gasteiger partial charge in [-0.3, -0.25) is 18.9 Å². The second-order valence-corrected chi connectivity index (χ2v) is 11.1. The zero-order valence-corrected chi connectivity index (χ0v) is 24.2. The lowest BCUT2D eigenvalue weighted by molar-refractivity contribution is -0.132. The minimum atomic E-state index is -1.05. The van der Waals surface area contributed by atoms with E-state index in [-0.39, 0.29) is 21.3 Å². The van der Waals surface area contributed by atoms with Gasteiger partial charge in [-0.15, -0.1) is 0 Å². The molecule has 1 amide bonds. The largest absolute Gasteiger partial charge is 0.505 e. The molecule has 5 rings (SSSR count). The topological polar surface area (TPSA) is 123 Å². The maximum Gasteiger partial charge on any atom is 0.350 e. The molecule has 1 saturated heterocycles. The van der Waals surface area contributed by atoms with E-state index in [0.717, 1.165) is 17.8 Å². The molecule has 0 aliphatic carbocycles. The fourth-order valence-electron chi connectivity index (χ4n) is 4.83. The molecule has 3 aromatic heterocycles. The molecule has 1 aromatic carbocycles. The lowest BCUT2D eigenvalue weighted by Gasteiger charge is -2.23. The van der Waals surface area contributed by atoms with Crippen LogP contribution in [0.1, 0.15) is 58.6 Å². The number of ketones is 1. The number of pyridine rings is 1. The van der Waals surface area contributed by atoms with E-state index in [2.05, 4.69) is 23.8 Å². The molecule has 1 unspecified atom stereocenters. The predicted molar refractivity (Wildman–Crippen MR) is 154 cm³/mol. The number of aliphatic hydroxyl groups excluding tert-OH is 1. The molecule has 4 aromatic rings. The Hall–Kier alpha value is -4.51. The van der Waals surface area contributed by atoms with Crippen molar-refractivity contribution in [2.24, 2.45) is 5.92 Å². The SMILES string of the molecule is COC(=O)c1sc(N2C(=O)C(=O)C(=C(O)c3c(C)nc4ccccn34)C2c2cccc(OCCC(C)C)c2)nc1C. The van der Waals surface area contributed by atoms with E-state index in [1.165, 1.54) is 12.0 Å². The number of thiazole rings is 1. The zero-order valence-electron chi connectivity index (χ0n) is 23.4. The van der Waals surface area contributed by atoms with Crippen molar-refractivity contribution >= 4 is 45.5 Å². The third-order valence-corrected chi connectivity index (χ3v) is 8.01. The van der Waals surface area contributed by atoms with Crippen LogP contribution in [0, 0.1) is 19.8 Å². The number of aryl methyl sites for hydroxylation is 2. The Morgan fingerprint density at radius 3 is 2.61 bits per heavy atom. The number of hydrogen-bond acceptors (Lipinski definition) is 9. The smallest absolute Gasteiger partial charge is 0.350 e. The second-order valence-electron chi connectivity index (χ2n) is 10.1. The summed E-state index contributed by atoms with van der Waals surface area (Å²) in [7, 11) is 1.26. The van der Waals surface area contributed by atoms with Crippen LogP contribution in [-0.2, 0) is 14.3 Å². The zero-order chi connectivity index (χ0) is 29.4. The molecule has 4 heterocycles. The van der Waals surface area contributed by atoms with Gasteiger partial charge in [-0.25, -0.2) is 14.8 Å². The molecule has 1 fully saturated rings. The molecule has 0 bridgehead atoms. The Labute approximate surface area is 240 Å². The number of carbonyl (C=O) groups excluding carboxylic acids is 3. The van der Waals surface area contributed by atoms with Crippen LogP contribution in [0.5, 0.6) is 5.75 Å². The highest BCUT2D eigenvalue weighted by molar-refractivity contribution is 7.17. The molecule has 1 N–H and O–H groups in total. The minimum absolute atomic E-state index is 0.115. The summed E-state index contributed by atoms with van der Waals surface area (Å²) in [5.74, 6) is -1.70. The van der Waals surface area contributed by atoms with Gasteiger partial charge in [0.2, 0.25) is 0 Å². The number of imidazole rings is 1. The van der Waals surface area contributed by atoms with Crippen molar-refractivity contribution < 1.29 is 29.0 Å².